The van der Waals surface area contributed by atoms with Crippen molar-refractivity contribution in [2.75, 3.05) is 39.4 Å². The predicted molar refractivity (Wildman–Crippen MR) is 91.0 cm³/mol. The average Bonchev–Trinajstić information content (AvgIpc) is 2.53. The molecule has 1 saturated heterocycles. The highest BCUT2D eigenvalue weighted by Gasteiger charge is 2.22. The molecule has 1 aliphatic rings. The van der Waals surface area contributed by atoms with Crippen molar-refractivity contribution in [1.82, 2.24) is 10.2 Å². The Balaban J connectivity index is 1.86. The zero-order valence-electron chi connectivity index (χ0n) is 14.4. The van der Waals surface area contributed by atoms with E-state index >= 15 is 0 Å². The summed E-state index contributed by atoms with van der Waals surface area (Å²) in [5, 5.41) is 2.97. The largest absolute Gasteiger partial charge is 0.493 e. The number of carbonyl (C=O) groups excluding carboxylic acids is 1. The molecule has 0 spiro atoms. The normalized spacial score (nSPS) is 18.9. The van der Waals surface area contributed by atoms with Crippen molar-refractivity contribution < 1.29 is 14.3 Å². The van der Waals surface area contributed by atoms with Crippen molar-refractivity contribution in [3.8, 4) is 5.75 Å². The SMILES string of the molecule is CCOc1ccccc1C(=O)NCC1CN(CC(C)C)CCO1. The van der Waals surface area contributed by atoms with E-state index in [1.807, 2.05) is 25.1 Å². The second kappa shape index (κ2) is 8.89. The Bertz CT molecular complexity index is 505. The zero-order chi connectivity index (χ0) is 16.7. The summed E-state index contributed by atoms with van der Waals surface area (Å²) in [5.41, 5.74) is 0.573. The summed E-state index contributed by atoms with van der Waals surface area (Å²) < 4.78 is 11.3. The van der Waals surface area contributed by atoms with Gasteiger partial charge in [-0.2, -0.15) is 0 Å². The quantitative estimate of drug-likeness (QED) is 0.836. The van der Waals surface area contributed by atoms with Crippen molar-refractivity contribution in [1.29, 1.82) is 0 Å². The molecular weight excluding hydrogens is 292 g/mol. The van der Waals surface area contributed by atoms with Crippen LogP contribution in [0.15, 0.2) is 24.3 Å². The van der Waals surface area contributed by atoms with Crippen molar-refractivity contribution in [3.05, 3.63) is 29.8 Å². The summed E-state index contributed by atoms with van der Waals surface area (Å²) in [6, 6.07) is 7.32. The standard InChI is InChI=1S/C18H28N2O3/c1-4-22-17-8-6-5-7-16(17)18(21)19-11-15-13-20(9-10-23-15)12-14(2)3/h5-8,14-15H,4,9-13H2,1-3H3,(H,19,21). The Morgan fingerprint density at radius 3 is 2.96 bits per heavy atom. The van der Waals surface area contributed by atoms with E-state index in [1.165, 1.54) is 0 Å². The lowest BCUT2D eigenvalue weighted by Crippen LogP contribution is -2.48. The third-order valence-corrected chi connectivity index (χ3v) is 3.77. The second-order valence-corrected chi connectivity index (χ2v) is 6.29. The van der Waals surface area contributed by atoms with Crippen LogP contribution in [0.5, 0.6) is 5.75 Å². The van der Waals surface area contributed by atoms with E-state index in [1.54, 1.807) is 6.07 Å². The monoisotopic (exact) mass is 320 g/mol. The third kappa shape index (κ3) is 5.52. The number of para-hydroxylation sites is 1. The van der Waals surface area contributed by atoms with Gasteiger partial charge in [0.05, 0.1) is 24.9 Å². The van der Waals surface area contributed by atoms with Crippen LogP contribution < -0.4 is 10.1 Å². The van der Waals surface area contributed by atoms with Gasteiger partial charge < -0.3 is 14.8 Å². The summed E-state index contributed by atoms with van der Waals surface area (Å²) >= 11 is 0. The fourth-order valence-corrected chi connectivity index (χ4v) is 2.82. The van der Waals surface area contributed by atoms with Gasteiger partial charge in [-0.3, -0.25) is 9.69 Å². The zero-order valence-corrected chi connectivity index (χ0v) is 14.4. The maximum absolute atomic E-state index is 12.4. The Morgan fingerprint density at radius 1 is 1.43 bits per heavy atom. The van der Waals surface area contributed by atoms with Crippen LogP contribution in [-0.4, -0.2) is 56.3 Å². The smallest absolute Gasteiger partial charge is 0.255 e. The van der Waals surface area contributed by atoms with Crippen molar-refractivity contribution in [3.63, 3.8) is 0 Å². The highest BCUT2D eigenvalue weighted by molar-refractivity contribution is 5.96. The summed E-state index contributed by atoms with van der Waals surface area (Å²) in [5.74, 6) is 1.15. The van der Waals surface area contributed by atoms with Gasteiger partial charge in [0.15, 0.2) is 0 Å². The van der Waals surface area contributed by atoms with E-state index in [4.69, 9.17) is 9.47 Å². The van der Waals surface area contributed by atoms with Gasteiger partial charge in [-0.1, -0.05) is 26.0 Å². The third-order valence-electron chi connectivity index (χ3n) is 3.77. The number of carbonyl (C=O) groups is 1. The molecule has 1 fully saturated rings. The molecule has 5 heteroatoms. The maximum atomic E-state index is 12.4. The summed E-state index contributed by atoms with van der Waals surface area (Å²) in [6.07, 6.45) is 0.0469. The molecule has 0 saturated carbocycles. The van der Waals surface area contributed by atoms with Crippen LogP contribution in [0.4, 0.5) is 0 Å². The molecule has 23 heavy (non-hydrogen) atoms. The summed E-state index contributed by atoms with van der Waals surface area (Å²) in [6.45, 7) is 11.0. The Kier molecular flexibility index (Phi) is 6.86. The van der Waals surface area contributed by atoms with Gasteiger partial charge in [-0.25, -0.2) is 0 Å². The van der Waals surface area contributed by atoms with Crippen LogP contribution in [-0.2, 0) is 4.74 Å². The molecule has 1 amide bonds. The van der Waals surface area contributed by atoms with Gasteiger partial charge in [-0.15, -0.1) is 0 Å². The molecule has 1 heterocycles. The minimum Gasteiger partial charge on any atom is -0.493 e. The topological polar surface area (TPSA) is 50.8 Å². The first-order chi connectivity index (χ1) is 11.1. The van der Waals surface area contributed by atoms with Gasteiger partial charge in [-0.05, 0) is 25.0 Å². The molecule has 1 atom stereocenters. The van der Waals surface area contributed by atoms with Crippen molar-refractivity contribution >= 4 is 5.91 Å². The maximum Gasteiger partial charge on any atom is 0.255 e. The molecule has 0 bridgehead atoms. The summed E-state index contributed by atoms with van der Waals surface area (Å²) in [4.78, 5) is 14.8. The second-order valence-electron chi connectivity index (χ2n) is 6.29. The molecule has 1 aliphatic heterocycles. The van der Waals surface area contributed by atoms with Crippen LogP contribution in [0, 0.1) is 5.92 Å². The van der Waals surface area contributed by atoms with E-state index < -0.39 is 0 Å². The van der Waals surface area contributed by atoms with Gasteiger partial charge >= 0.3 is 0 Å². The van der Waals surface area contributed by atoms with Gasteiger partial charge in [0.1, 0.15) is 5.75 Å². The molecule has 5 nitrogen and oxygen atoms in total. The fourth-order valence-electron chi connectivity index (χ4n) is 2.82. The van der Waals surface area contributed by atoms with Gasteiger partial charge in [0.2, 0.25) is 0 Å². The Morgan fingerprint density at radius 2 is 2.22 bits per heavy atom. The number of rotatable bonds is 7. The number of hydrogen-bond acceptors (Lipinski definition) is 4. The molecule has 1 aromatic rings. The van der Waals surface area contributed by atoms with E-state index in [9.17, 15) is 4.79 Å². The molecule has 2 rings (SSSR count). The lowest BCUT2D eigenvalue weighted by atomic mass is 10.1. The number of hydrogen-bond donors (Lipinski definition) is 1. The number of benzene rings is 1. The first kappa shape index (κ1) is 17.8. The van der Waals surface area contributed by atoms with Crippen LogP contribution in [0.1, 0.15) is 31.1 Å². The first-order valence-electron chi connectivity index (χ1n) is 8.44. The number of amides is 1. The lowest BCUT2D eigenvalue weighted by molar-refractivity contribution is -0.0295. The van der Waals surface area contributed by atoms with E-state index in [0.717, 1.165) is 26.2 Å². The molecule has 1 N–H and O–H groups in total. The van der Waals surface area contributed by atoms with Crippen LogP contribution in [0.3, 0.4) is 0 Å². The highest BCUT2D eigenvalue weighted by atomic mass is 16.5. The van der Waals surface area contributed by atoms with E-state index in [0.29, 0.717) is 30.4 Å². The predicted octanol–water partition coefficient (Wildman–Crippen LogP) is 2.17. The number of morpholine rings is 1. The minimum absolute atomic E-state index is 0.0469. The lowest BCUT2D eigenvalue weighted by Gasteiger charge is -2.34. The number of ether oxygens (including phenoxy) is 2. The molecule has 128 valence electrons. The van der Waals surface area contributed by atoms with Crippen LogP contribution >= 0.6 is 0 Å². The van der Waals surface area contributed by atoms with Gasteiger partial charge in [0.25, 0.3) is 5.91 Å². The molecule has 1 unspecified atom stereocenters. The number of nitrogens with zero attached hydrogens (tertiary/aromatic N) is 1. The Labute approximate surface area is 139 Å². The van der Waals surface area contributed by atoms with E-state index in [-0.39, 0.29) is 12.0 Å². The summed E-state index contributed by atoms with van der Waals surface area (Å²) in [7, 11) is 0. The molecule has 0 aromatic heterocycles. The van der Waals surface area contributed by atoms with Crippen molar-refractivity contribution in [2.45, 2.75) is 26.9 Å². The van der Waals surface area contributed by atoms with Crippen LogP contribution in [0.25, 0.3) is 0 Å². The molecular formula is C18H28N2O3. The minimum atomic E-state index is -0.112. The fraction of sp³-hybridized carbons (Fsp3) is 0.611. The first-order valence-corrected chi connectivity index (χ1v) is 8.44. The molecule has 0 aliphatic carbocycles. The van der Waals surface area contributed by atoms with E-state index in [2.05, 4.69) is 24.1 Å². The van der Waals surface area contributed by atoms with Crippen molar-refractivity contribution in [2.24, 2.45) is 5.92 Å². The number of nitrogens with one attached hydrogen (secondary N) is 1. The molecule has 1 aromatic carbocycles. The average molecular weight is 320 g/mol. The highest BCUT2D eigenvalue weighted by Crippen LogP contribution is 2.17. The molecule has 0 radical (unpaired) electrons. The Hall–Kier alpha value is -1.59. The van der Waals surface area contributed by atoms with Crippen LogP contribution in [0.2, 0.25) is 0 Å². The van der Waals surface area contributed by atoms with Gasteiger partial charge in [0, 0.05) is 26.2 Å².